The van der Waals surface area contributed by atoms with Crippen molar-refractivity contribution in [1.29, 1.82) is 0 Å². The Kier molecular flexibility index (Phi) is 5.09. The Hall–Kier alpha value is -2.71. The minimum absolute atomic E-state index is 0.00282. The first-order valence-electron chi connectivity index (χ1n) is 6.71. The van der Waals surface area contributed by atoms with Gasteiger partial charge in [-0.1, -0.05) is 0 Å². The molecule has 122 valence electrons. The number of halogens is 3. The standard InChI is InChI=1S/C14H14F3N5O/c1-18-12(23)4-7-20-11-8-10(14(15,16)17)21-13(22-11)9-2-5-19-6-3-9/h2-3,5-6,8H,4,7H2,1H3,(H,18,23)(H,20,21,22). The molecule has 0 radical (unpaired) electrons. The van der Waals surface area contributed by atoms with Crippen LogP contribution in [-0.2, 0) is 11.0 Å². The summed E-state index contributed by atoms with van der Waals surface area (Å²) in [4.78, 5) is 22.6. The topological polar surface area (TPSA) is 79.8 Å². The molecule has 0 aliphatic heterocycles. The van der Waals surface area contributed by atoms with Crippen molar-refractivity contribution < 1.29 is 18.0 Å². The quantitative estimate of drug-likeness (QED) is 0.880. The number of hydrogen-bond donors (Lipinski definition) is 2. The van der Waals surface area contributed by atoms with Crippen LogP contribution in [0.2, 0.25) is 0 Å². The number of pyridine rings is 1. The number of rotatable bonds is 5. The lowest BCUT2D eigenvalue weighted by Crippen LogP contribution is -2.21. The second kappa shape index (κ2) is 7.03. The maximum Gasteiger partial charge on any atom is 0.433 e. The molecule has 6 nitrogen and oxygen atoms in total. The number of anilines is 1. The summed E-state index contributed by atoms with van der Waals surface area (Å²) in [7, 11) is 1.48. The second-order valence-electron chi connectivity index (χ2n) is 4.55. The molecule has 2 rings (SSSR count). The summed E-state index contributed by atoms with van der Waals surface area (Å²) in [5.74, 6) is -0.287. The third-order valence-electron chi connectivity index (χ3n) is 2.89. The summed E-state index contributed by atoms with van der Waals surface area (Å²) in [6.45, 7) is 0.157. The molecule has 23 heavy (non-hydrogen) atoms. The Morgan fingerprint density at radius 2 is 1.91 bits per heavy atom. The van der Waals surface area contributed by atoms with Crippen molar-refractivity contribution in [2.75, 3.05) is 18.9 Å². The zero-order chi connectivity index (χ0) is 16.9. The number of carbonyl (C=O) groups excluding carboxylic acids is 1. The lowest BCUT2D eigenvalue weighted by Gasteiger charge is -2.11. The SMILES string of the molecule is CNC(=O)CCNc1cc(C(F)(F)F)nc(-c2ccncc2)n1. The molecule has 0 bridgehead atoms. The Bertz CT molecular complexity index is 676. The van der Waals surface area contributed by atoms with Gasteiger partial charge in [-0.2, -0.15) is 13.2 Å². The number of amides is 1. The predicted octanol–water partition coefficient (Wildman–Crippen LogP) is 2.11. The van der Waals surface area contributed by atoms with Crippen LogP contribution >= 0.6 is 0 Å². The Balaban J connectivity index is 2.29. The van der Waals surface area contributed by atoms with Gasteiger partial charge < -0.3 is 10.6 Å². The molecule has 2 heterocycles. The van der Waals surface area contributed by atoms with E-state index in [1.807, 2.05) is 0 Å². The highest BCUT2D eigenvalue weighted by molar-refractivity contribution is 5.76. The van der Waals surface area contributed by atoms with Gasteiger partial charge in [-0.25, -0.2) is 9.97 Å². The first-order valence-corrected chi connectivity index (χ1v) is 6.71. The van der Waals surface area contributed by atoms with Gasteiger partial charge in [0.15, 0.2) is 11.5 Å². The number of aromatic nitrogens is 3. The largest absolute Gasteiger partial charge is 0.433 e. The fourth-order valence-corrected chi connectivity index (χ4v) is 1.74. The van der Waals surface area contributed by atoms with Crippen LogP contribution in [0.25, 0.3) is 11.4 Å². The summed E-state index contributed by atoms with van der Waals surface area (Å²) in [5, 5.41) is 5.13. The molecule has 2 aromatic heterocycles. The normalized spacial score (nSPS) is 11.1. The summed E-state index contributed by atoms with van der Waals surface area (Å²) >= 11 is 0. The van der Waals surface area contributed by atoms with Crippen LogP contribution in [0.5, 0.6) is 0 Å². The summed E-state index contributed by atoms with van der Waals surface area (Å²) < 4.78 is 38.9. The highest BCUT2D eigenvalue weighted by Gasteiger charge is 2.33. The van der Waals surface area contributed by atoms with E-state index in [9.17, 15) is 18.0 Å². The van der Waals surface area contributed by atoms with Crippen molar-refractivity contribution in [2.45, 2.75) is 12.6 Å². The van der Waals surface area contributed by atoms with Crippen LogP contribution in [0.3, 0.4) is 0 Å². The molecule has 0 fully saturated rings. The monoisotopic (exact) mass is 325 g/mol. The van der Waals surface area contributed by atoms with E-state index in [0.717, 1.165) is 6.07 Å². The number of carbonyl (C=O) groups is 1. The summed E-state index contributed by atoms with van der Waals surface area (Å²) in [6.07, 6.45) is -1.59. The Labute approximate surface area is 130 Å². The highest BCUT2D eigenvalue weighted by Crippen LogP contribution is 2.30. The van der Waals surface area contributed by atoms with E-state index >= 15 is 0 Å². The van der Waals surface area contributed by atoms with Gasteiger partial charge in [0, 0.05) is 44.0 Å². The molecule has 0 atom stereocenters. The molecule has 0 spiro atoms. The van der Waals surface area contributed by atoms with Crippen LogP contribution in [0.15, 0.2) is 30.6 Å². The van der Waals surface area contributed by atoms with Crippen LogP contribution < -0.4 is 10.6 Å². The van der Waals surface area contributed by atoms with Gasteiger partial charge in [-0.05, 0) is 12.1 Å². The third-order valence-corrected chi connectivity index (χ3v) is 2.89. The molecule has 9 heteroatoms. The summed E-state index contributed by atoms with van der Waals surface area (Å²) in [5.41, 5.74) is -0.637. The van der Waals surface area contributed by atoms with Crippen LogP contribution in [-0.4, -0.2) is 34.5 Å². The third kappa shape index (κ3) is 4.63. The van der Waals surface area contributed by atoms with Gasteiger partial charge in [0.2, 0.25) is 5.91 Å². The van der Waals surface area contributed by atoms with Crippen molar-refractivity contribution in [3.8, 4) is 11.4 Å². The van der Waals surface area contributed by atoms with Gasteiger partial charge in [-0.3, -0.25) is 9.78 Å². The van der Waals surface area contributed by atoms with Crippen molar-refractivity contribution in [3.63, 3.8) is 0 Å². The molecule has 0 unspecified atom stereocenters. The first kappa shape index (κ1) is 16.7. The summed E-state index contributed by atoms with van der Waals surface area (Å²) in [6, 6.07) is 3.85. The minimum atomic E-state index is -4.60. The zero-order valence-corrected chi connectivity index (χ0v) is 12.2. The molecule has 0 aromatic carbocycles. The molecule has 1 amide bonds. The second-order valence-corrected chi connectivity index (χ2v) is 4.55. The molecule has 0 saturated carbocycles. The van der Waals surface area contributed by atoms with Crippen molar-refractivity contribution in [2.24, 2.45) is 0 Å². The highest BCUT2D eigenvalue weighted by atomic mass is 19.4. The van der Waals surface area contributed by atoms with Gasteiger partial charge in [0.25, 0.3) is 0 Å². The molecule has 2 N–H and O–H groups in total. The average Bonchev–Trinajstić information content (AvgIpc) is 2.54. The first-order chi connectivity index (χ1) is 10.9. The molecular formula is C14H14F3N5O. The van der Waals surface area contributed by atoms with Crippen LogP contribution in [0.1, 0.15) is 12.1 Å². The van der Waals surface area contributed by atoms with E-state index in [2.05, 4.69) is 25.6 Å². The van der Waals surface area contributed by atoms with Gasteiger partial charge >= 0.3 is 6.18 Å². The Morgan fingerprint density at radius 3 is 2.52 bits per heavy atom. The Morgan fingerprint density at radius 1 is 1.22 bits per heavy atom. The lowest BCUT2D eigenvalue weighted by atomic mass is 10.2. The van der Waals surface area contributed by atoms with E-state index < -0.39 is 11.9 Å². The minimum Gasteiger partial charge on any atom is -0.369 e. The zero-order valence-electron chi connectivity index (χ0n) is 12.2. The smallest absolute Gasteiger partial charge is 0.369 e. The van der Waals surface area contributed by atoms with Gasteiger partial charge in [0.1, 0.15) is 5.82 Å². The van der Waals surface area contributed by atoms with Crippen LogP contribution in [0.4, 0.5) is 19.0 Å². The van der Waals surface area contributed by atoms with Crippen molar-refractivity contribution in [3.05, 3.63) is 36.3 Å². The maximum absolute atomic E-state index is 13.0. The van der Waals surface area contributed by atoms with Crippen molar-refractivity contribution >= 4 is 11.7 Å². The number of nitrogens with one attached hydrogen (secondary N) is 2. The fraction of sp³-hybridized carbons (Fsp3) is 0.286. The van der Waals surface area contributed by atoms with E-state index in [0.29, 0.717) is 5.56 Å². The molecule has 0 aliphatic carbocycles. The number of hydrogen-bond acceptors (Lipinski definition) is 5. The maximum atomic E-state index is 13.0. The fourth-order valence-electron chi connectivity index (χ4n) is 1.74. The van der Waals surface area contributed by atoms with Gasteiger partial charge in [-0.15, -0.1) is 0 Å². The van der Waals surface area contributed by atoms with Crippen molar-refractivity contribution in [1.82, 2.24) is 20.3 Å². The van der Waals surface area contributed by atoms with E-state index in [1.165, 1.54) is 31.6 Å². The molecular weight excluding hydrogens is 311 g/mol. The number of alkyl halides is 3. The lowest BCUT2D eigenvalue weighted by molar-refractivity contribution is -0.141. The van der Waals surface area contributed by atoms with Gasteiger partial charge in [0.05, 0.1) is 0 Å². The number of nitrogens with zero attached hydrogens (tertiary/aromatic N) is 3. The molecule has 0 aliphatic rings. The van der Waals surface area contributed by atoms with E-state index in [1.54, 1.807) is 0 Å². The molecule has 0 saturated heterocycles. The van der Waals surface area contributed by atoms with E-state index in [4.69, 9.17) is 0 Å². The van der Waals surface area contributed by atoms with Crippen LogP contribution in [0, 0.1) is 0 Å². The average molecular weight is 325 g/mol. The predicted molar refractivity (Wildman–Crippen MR) is 77.4 cm³/mol. The molecule has 2 aromatic rings. The van der Waals surface area contributed by atoms with E-state index in [-0.39, 0.29) is 30.5 Å².